The lowest BCUT2D eigenvalue weighted by Crippen LogP contribution is -2.77. The second-order valence-corrected chi connectivity index (χ2v) is 4.59. The third kappa shape index (κ3) is 1.06. The van der Waals surface area contributed by atoms with E-state index in [1.165, 1.54) is 18.0 Å². The highest BCUT2D eigenvalue weighted by atomic mass is 32.2. The standard InChI is InChI=1S/C9H10N2O3S/c1-2-11-5(9(13)14)3-4-15-8(11)6(10)7(11)12/h2-3,6,8H,1,4,10H2/p+1/t6?,8-,11?/m0/s1. The number of rotatable bonds is 2. The molecule has 2 heterocycles. The number of β-lactam (4-membered cyclic amide) rings is 1. The van der Waals surface area contributed by atoms with Crippen molar-refractivity contribution < 1.29 is 19.2 Å². The Bertz CT molecular complexity index is 393. The molecule has 0 radical (unpaired) electrons. The lowest BCUT2D eigenvalue weighted by molar-refractivity contribution is -0.802. The Kier molecular flexibility index (Phi) is 2.22. The SMILES string of the molecule is C=C[N+]12C(=O)C(N)[C@@H]1SCC=C2C(=O)O. The maximum Gasteiger partial charge on any atom is 0.391 e. The molecule has 0 saturated carbocycles. The van der Waals surface area contributed by atoms with Gasteiger partial charge < -0.3 is 10.8 Å². The van der Waals surface area contributed by atoms with Gasteiger partial charge in [-0.15, -0.1) is 0 Å². The monoisotopic (exact) mass is 227 g/mol. The summed E-state index contributed by atoms with van der Waals surface area (Å²) in [6, 6.07) is -0.587. The van der Waals surface area contributed by atoms with Gasteiger partial charge in [0.25, 0.3) is 0 Å². The van der Waals surface area contributed by atoms with Crippen LogP contribution in [0, 0.1) is 0 Å². The summed E-state index contributed by atoms with van der Waals surface area (Å²) in [4.78, 5) is 22.7. The van der Waals surface area contributed by atoms with Crippen LogP contribution in [0.3, 0.4) is 0 Å². The van der Waals surface area contributed by atoms with E-state index in [2.05, 4.69) is 6.58 Å². The number of carbonyl (C=O) groups is 2. The molecule has 2 aliphatic rings. The number of nitrogens with zero attached hydrogens (tertiary/aromatic N) is 1. The Labute approximate surface area is 90.8 Å². The lowest BCUT2D eigenvalue weighted by Gasteiger charge is -2.50. The largest absolute Gasteiger partial charge is 0.474 e. The normalized spacial score (nSPS) is 38.7. The van der Waals surface area contributed by atoms with Crippen molar-refractivity contribution >= 4 is 23.6 Å². The Morgan fingerprint density at radius 1 is 1.80 bits per heavy atom. The molecule has 80 valence electrons. The number of carboxylic acids is 1. The molecular weight excluding hydrogens is 216 g/mol. The molecule has 6 heteroatoms. The van der Waals surface area contributed by atoms with E-state index in [1.54, 1.807) is 6.08 Å². The molecule has 1 amide bonds. The fourth-order valence-corrected chi connectivity index (χ4v) is 3.37. The van der Waals surface area contributed by atoms with Gasteiger partial charge in [-0.1, -0.05) is 11.8 Å². The summed E-state index contributed by atoms with van der Waals surface area (Å²) in [5.74, 6) is -0.808. The molecule has 2 rings (SSSR count). The average Bonchev–Trinajstić information content (AvgIpc) is 2.25. The van der Waals surface area contributed by atoms with Gasteiger partial charge in [-0.2, -0.15) is 4.48 Å². The molecule has 15 heavy (non-hydrogen) atoms. The zero-order chi connectivity index (χ0) is 11.2. The molecule has 1 saturated heterocycles. The van der Waals surface area contributed by atoms with Crippen LogP contribution in [0.4, 0.5) is 0 Å². The first-order valence-electron chi connectivity index (χ1n) is 4.43. The first-order valence-corrected chi connectivity index (χ1v) is 5.48. The van der Waals surface area contributed by atoms with Crippen LogP contribution in [0.1, 0.15) is 0 Å². The van der Waals surface area contributed by atoms with Crippen molar-refractivity contribution in [2.24, 2.45) is 5.73 Å². The highest BCUT2D eigenvalue weighted by Gasteiger charge is 2.66. The summed E-state index contributed by atoms with van der Waals surface area (Å²) in [5, 5.41) is 8.80. The number of carboxylic acid groups (broad SMARTS) is 1. The van der Waals surface area contributed by atoms with Crippen LogP contribution in [0.25, 0.3) is 0 Å². The molecule has 0 aromatic heterocycles. The third-order valence-corrected chi connectivity index (χ3v) is 4.13. The van der Waals surface area contributed by atoms with Crippen LogP contribution < -0.4 is 5.73 Å². The maximum atomic E-state index is 11.7. The highest BCUT2D eigenvalue weighted by Crippen LogP contribution is 2.45. The molecule has 2 unspecified atom stereocenters. The molecule has 0 aromatic carbocycles. The van der Waals surface area contributed by atoms with Crippen molar-refractivity contribution in [1.29, 1.82) is 0 Å². The van der Waals surface area contributed by atoms with Gasteiger partial charge in [0.1, 0.15) is 6.20 Å². The molecule has 5 nitrogen and oxygen atoms in total. The fraction of sp³-hybridized carbons (Fsp3) is 0.333. The molecule has 3 N–H and O–H groups in total. The van der Waals surface area contributed by atoms with Crippen molar-refractivity contribution in [3.63, 3.8) is 0 Å². The predicted octanol–water partition coefficient (Wildman–Crippen LogP) is -0.144. The topological polar surface area (TPSA) is 80.4 Å². The number of nitrogens with two attached hydrogens (primary N) is 1. The highest BCUT2D eigenvalue weighted by molar-refractivity contribution is 8.00. The summed E-state index contributed by atoms with van der Waals surface area (Å²) in [6.45, 7) is 3.55. The van der Waals surface area contributed by atoms with E-state index in [0.29, 0.717) is 5.75 Å². The Morgan fingerprint density at radius 3 is 3.00 bits per heavy atom. The van der Waals surface area contributed by atoms with E-state index in [4.69, 9.17) is 10.8 Å². The Balaban J connectivity index is 2.50. The Hall–Kier alpha value is -1.11. The van der Waals surface area contributed by atoms with Crippen molar-refractivity contribution in [3.05, 3.63) is 24.6 Å². The summed E-state index contributed by atoms with van der Waals surface area (Å²) >= 11 is 1.48. The first kappa shape index (κ1) is 10.4. The third-order valence-electron chi connectivity index (χ3n) is 2.81. The first-order chi connectivity index (χ1) is 7.05. The van der Waals surface area contributed by atoms with Gasteiger partial charge in [-0.25, -0.2) is 9.59 Å². The second kappa shape index (κ2) is 3.19. The molecule has 2 aliphatic heterocycles. The minimum absolute atomic E-state index is 0.0699. The van der Waals surface area contributed by atoms with Crippen LogP contribution in [0.2, 0.25) is 0 Å². The summed E-state index contributed by atoms with van der Waals surface area (Å²) in [5.41, 5.74) is 5.72. The fourth-order valence-electron chi connectivity index (χ4n) is 2.06. The van der Waals surface area contributed by atoms with Gasteiger partial charge in [0.05, 0.1) is 0 Å². The molecule has 3 atom stereocenters. The summed E-state index contributed by atoms with van der Waals surface area (Å²) in [6.07, 6.45) is 2.91. The van der Waals surface area contributed by atoms with Crippen LogP contribution in [-0.2, 0) is 9.59 Å². The zero-order valence-electron chi connectivity index (χ0n) is 7.92. The molecule has 1 fully saturated rings. The minimum atomic E-state index is -1.08. The molecule has 0 spiro atoms. The van der Waals surface area contributed by atoms with E-state index in [0.717, 1.165) is 0 Å². The number of amides is 1. The van der Waals surface area contributed by atoms with E-state index < -0.39 is 12.0 Å². The van der Waals surface area contributed by atoms with Gasteiger partial charge in [-0.3, -0.25) is 0 Å². The van der Waals surface area contributed by atoms with Gasteiger partial charge in [-0.05, 0) is 12.7 Å². The Morgan fingerprint density at radius 2 is 2.47 bits per heavy atom. The minimum Gasteiger partial charge on any atom is -0.474 e. The number of aliphatic carboxylic acids is 1. The number of thioether (sulfide) groups is 1. The second-order valence-electron chi connectivity index (χ2n) is 3.44. The smallest absolute Gasteiger partial charge is 0.391 e. The van der Waals surface area contributed by atoms with Crippen LogP contribution in [0.5, 0.6) is 0 Å². The van der Waals surface area contributed by atoms with Crippen molar-refractivity contribution in [2.45, 2.75) is 11.4 Å². The lowest BCUT2D eigenvalue weighted by atomic mass is 10.0. The van der Waals surface area contributed by atoms with Gasteiger partial charge in [0, 0.05) is 5.75 Å². The number of hydrogen-bond acceptors (Lipinski definition) is 4. The number of fused-ring (bicyclic) bond motifs is 1. The molecule has 0 bridgehead atoms. The number of hydrogen-bond donors (Lipinski definition) is 2. The van der Waals surface area contributed by atoms with Gasteiger partial charge in [0.2, 0.25) is 5.70 Å². The predicted molar refractivity (Wildman–Crippen MR) is 55.4 cm³/mol. The average molecular weight is 227 g/mol. The maximum absolute atomic E-state index is 11.7. The van der Waals surface area contributed by atoms with Gasteiger partial charge in [0.15, 0.2) is 11.4 Å². The quantitative estimate of drug-likeness (QED) is 0.507. The molecule has 0 aromatic rings. The molecular formula is C9H11N2O3S+. The van der Waals surface area contributed by atoms with Crippen molar-refractivity contribution in [1.82, 2.24) is 0 Å². The van der Waals surface area contributed by atoms with Crippen LogP contribution in [-0.4, -0.2) is 38.6 Å². The van der Waals surface area contributed by atoms with E-state index >= 15 is 0 Å². The van der Waals surface area contributed by atoms with Crippen molar-refractivity contribution in [3.8, 4) is 0 Å². The zero-order valence-corrected chi connectivity index (χ0v) is 8.74. The van der Waals surface area contributed by atoms with E-state index in [9.17, 15) is 9.59 Å². The summed E-state index contributed by atoms with van der Waals surface area (Å²) in [7, 11) is 0. The number of carbonyl (C=O) groups excluding carboxylic acids is 1. The van der Waals surface area contributed by atoms with Crippen molar-refractivity contribution in [2.75, 3.05) is 5.75 Å². The van der Waals surface area contributed by atoms with E-state index in [-0.39, 0.29) is 21.5 Å². The molecule has 0 aliphatic carbocycles. The summed E-state index contributed by atoms with van der Waals surface area (Å²) < 4.78 is -0.318. The van der Waals surface area contributed by atoms with Crippen LogP contribution in [0.15, 0.2) is 24.6 Å². The van der Waals surface area contributed by atoms with Gasteiger partial charge >= 0.3 is 11.9 Å². The van der Waals surface area contributed by atoms with E-state index in [1.807, 2.05) is 0 Å². The number of quaternary nitrogens is 1. The van der Waals surface area contributed by atoms with Crippen LogP contribution >= 0.6 is 11.8 Å².